The monoisotopic (exact) mass is 429 g/mol. The van der Waals surface area contributed by atoms with Crippen molar-refractivity contribution in [1.82, 2.24) is 9.97 Å². The first-order valence-electron chi connectivity index (χ1n) is 7.21. The SMILES string of the molecule is O=C([O-])C(Cc1cnc[nH]1)N=C([O-])CCCCC(S)CC[S-].[Na+].[Zn+2]. The first kappa shape index (κ1) is 26.7. The maximum Gasteiger partial charge on any atom is 2.00 e. The number of nitrogens with one attached hydrogen (secondary N) is 1. The van der Waals surface area contributed by atoms with Crippen LogP contribution in [0.4, 0.5) is 0 Å². The number of carbonyl (C=O) groups excluding carboxylic acids is 1. The minimum atomic E-state index is -1.36. The van der Waals surface area contributed by atoms with E-state index in [0.717, 1.165) is 19.3 Å². The minimum absolute atomic E-state index is 0. The first-order valence-corrected chi connectivity index (χ1v) is 8.30. The van der Waals surface area contributed by atoms with Crippen molar-refractivity contribution in [2.45, 2.75) is 49.8 Å². The molecular formula is C14H20N3NaO3S2Zn. The Bertz CT molecular complexity index is 478. The smallest absolute Gasteiger partial charge is 0.862 e. The van der Waals surface area contributed by atoms with Gasteiger partial charge in [-0.25, -0.2) is 4.98 Å². The number of hydrogen-bond donors (Lipinski definition) is 2. The number of carboxylic acid groups (broad SMARTS) is 1. The van der Waals surface area contributed by atoms with Crippen molar-refractivity contribution in [3.05, 3.63) is 18.2 Å². The summed E-state index contributed by atoms with van der Waals surface area (Å²) in [5.74, 6) is -1.08. The molecule has 0 spiro atoms. The second-order valence-corrected chi connectivity index (χ2v) is 6.17. The van der Waals surface area contributed by atoms with E-state index >= 15 is 0 Å². The van der Waals surface area contributed by atoms with Gasteiger partial charge in [-0.05, 0) is 30.4 Å². The third-order valence-electron chi connectivity index (χ3n) is 3.17. The molecule has 0 fully saturated rings. The number of carboxylic acids is 1. The molecule has 1 N–H and O–H groups in total. The molecule has 0 radical (unpaired) electrons. The predicted molar refractivity (Wildman–Crippen MR) is 86.6 cm³/mol. The fraction of sp³-hybridized carbons (Fsp3) is 0.643. The molecule has 10 heteroatoms. The second kappa shape index (κ2) is 15.7. The number of unbranched alkanes of at least 4 members (excludes halogenated alkanes) is 1. The molecule has 2 atom stereocenters. The number of H-pyrrole nitrogens is 1. The van der Waals surface area contributed by atoms with Gasteiger partial charge in [0, 0.05) is 18.3 Å². The van der Waals surface area contributed by atoms with Crippen molar-refractivity contribution in [3.63, 3.8) is 0 Å². The predicted octanol–water partition coefficient (Wildman–Crippen LogP) is -3.37. The van der Waals surface area contributed by atoms with Gasteiger partial charge in [0.15, 0.2) is 0 Å². The van der Waals surface area contributed by atoms with Crippen molar-refractivity contribution in [3.8, 4) is 0 Å². The second-order valence-electron chi connectivity index (χ2n) is 5.03. The zero-order valence-corrected chi connectivity index (χ0v) is 20.6. The van der Waals surface area contributed by atoms with Crippen molar-refractivity contribution in [2.75, 3.05) is 5.75 Å². The number of aromatic nitrogens is 2. The Kier molecular flexibility index (Phi) is 17.5. The molecule has 0 saturated heterocycles. The van der Waals surface area contributed by atoms with Gasteiger partial charge in [-0.2, -0.15) is 18.4 Å². The number of nitrogens with zero attached hydrogens (tertiary/aromatic N) is 2. The molecule has 0 bridgehead atoms. The van der Waals surface area contributed by atoms with Gasteiger partial charge in [-0.1, -0.05) is 12.8 Å². The summed E-state index contributed by atoms with van der Waals surface area (Å²) in [5, 5.41) is 23.0. The Morgan fingerprint density at radius 1 is 1.38 bits per heavy atom. The third-order valence-corrected chi connectivity index (χ3v) is 3.92. The van der Waals surface area contributed by atoms with Crippen LogP contribution in [0.1, 0.15) is 37.8 Å². The van der Waals surface area contributed by atoms with Gasteiger partial charge in [-0.15, -0.1) is 0 Å². The molecule has 1 aromatic rings. The minimum Gasteiger partial charge on any atom is -0.862 e. The fourth-order valence-corrected chi connectivity index (χ4v) is 2.73. The molecule has 1 rings (SSSR count). The van der Waals surface area contributed by atoms with Gasteiger partial charge < -0.3 is 32.6 Å². The van der Waals surface area contributed by atoms with Crippen molar-refractivity contribution in [2.24, 2.45) is 4.99 Å². The van der Waals surface area contributed by atoms with E-state index in [-0.39, 0.29) is 67.1 Å². The third kappa shape index (κ3) is 11.9. The summed E-state index contributed by atoms with van der Waals surface area (Å²) >= 11 is 9.28. The first-order chi connectivity index (χ1) is 10.5. The summed E-state index contributed by atoms with van der Waals surface area (Å²) in [7, 11) is 0. The van der Waals surface area contributed by atoms with Crippen LogP contribution in [0.5, 0.6) is 0 Å². The number of aliphatic imine (C=N–C) groups is 1. The van der Waals surface area contributed by atoms with Gasteiger partial charge in [-0.3, -0.25) is 4.99 Å². The number of imidazole rings is 1. The fourth-order valence-electron chi connectivity index (χ4n) is 1.96. The summed E-state index contributed by atoms with van der Waals surface area (Å²) in [6, 6.07) is -1.18. The molecule has 124 valence electrons. The number of aliphatic carboxylic acids is 1. The number of thiol groups is 1. The van der Waals surface area contributed by atoms with Crippen molar-refractivity contribution < 1.29 is 64.0 Å². The van der Waals surface area contributed by atoms with Crippen molar-refractivity contribution in [1.29, 1.82) is 0 Å². The van der Waals surface area contributed by atoms with Crippen LogP contribution >= 0.6 is 12.6 Å². The quantitative estimate of drug-likeness (QED) is 0.0952. The van der Waals surface area contributed by atoms with E-state index < -0.39 is 17.9 Å². The maximum atomic E-state index is 11.7. The van der Waals surface area contributed by atoms with Crippen LogP contribution in [0.25, 0.3) is 0 Å². The van der Waals surface area contributed by atoms with E-state index in [1.54, 1.807) is 0 Å². The Balaban J connectivity index is 0. The van der Waals surface area contributed by atoms with Gasteiger partial charge in [0.25, 0.3) is 0 Å². The van der Waals surface area contributed by atoms with Gasteiger partial charge in [0.05, 0.1) is 18.3 Å². The molecular weight excluding hydrogens is 411 g/mol. The topological polar surface area (TPSA) is 104 Å². The van der Waals surface area contributed by atoms with Crippen molar-refractivity contribution >= 4 is 37.1 Å². The zero-order chi connectivity index (χ0) is 16.4. The standard InChI is InChI=1S/C14H23N3O3S2.Na.Zn/c18-13(4-2-1-3-11(22)5-6-21)17-12(14(19)20)7-10-8-15-9-16-10;;/h8-9,11-12,21-22H,1-7H2,(H,15,16)(H,17,18)(H,19,20);;/q;+1;+2/p-3. The maximum absolute atomic E-state index is 11.7. The summed E-state index contributed by atoms with van der Waals surface area (Å²) in [4.78, 5) is 21.3. The Morgan fingerprint density at radius 2 is 2.08 bits per heavy atom. The molecule has 0 amide bonds. The molecule has 0 aliphatic carbocycles. The molecule has 2 unspecified atom stereocenters. The Hall–Kier alpha value is 0.473. The van der Waals surface area contributed by atoms with E-state index in [1.807, 2.05) is 0 Å². The molecule has 0 aliphatic heterocycles. The summed E-state index contributed by atoms with van der Waals surface area (Å²) < 4.78 is 0. The molecule has 0 saturated carbocycles. The summed E-state index contributed by atoms with van der Waals surface area (Å²) in [5.41, 5.74) is 0.604. The number of aromatic amines is 1. The number of rotatable bonds is 11. The summed E-state index contributed by atoms with van der Waals surface area (Å²) in [6.45, 7) is 0. The van der Waals surface area contributed by atoms with Crippen LogP contribution in [-0.2, 0) is 43.3 Å². The van der Waals surface area contributed by atoms with Gasteiger partial charge in [0.1, 0.15) is 0 Å². The van der Waals surface area contributed by atoms with Gasteiger partial charge in [0.2, 0.25) is 0 Å². The van der Waals surface area contributed by atoms with Gasteiger partial charge >= 0.3 is 49.0 Å². The number of hydrogen-bond acceptors (Lipinski definition) is 7. The van der Waals surface area contributed by atoms with E-state index in [1.165, 1.54) is 12.5 Å². The van der Waals surface area contributed by atoms with Crippen LogP contribution in [0, 0.1) is 0 Å². The Morgan fingerprint density at radius 3 is 2.62 bits per heavy atom. The van der Waals surface area contributed by atoms with E-state index in [9.17, 15) is 15.0 Å². The van der Waals surface area contributed by atoms with Crippen LogP contribution in [0.3, 0.4) is 0 Å². The normalized spacial score (nSPS) is 13.5. The van der Waals surface area contributed by atoms with E-state index in [0.29, 0.717) is 17.9 Å². The molecule has 0 aliphatic rings. The van der Waals surface area contributed by atoms with E-state index in [4.69, 9.17) is 12.6 Å². The average Bonchev–Trinajstić information content (AvgIpc) is 2.96. The average molecular weight is 431 g/mol. The van der Waals surface area contributed by atoms with Crippen LogP contribution < -0.4 is 39.8 Å². The molecule has 0 aromatic carbocycles. The van der Waals surface area contributed by atoms with E-state index in [2.05, 4.69) is 27.6 Å². The largest absolute Gasteiger partial charge is 2.00 e. The summed E-state index contributed by atoms with van der Waals surface area (Å²) in [6.07, 6.45) is 6.55. The van der Waals surface area contributed by atoms with Crippen LogP contribution in [0.15, 0.2) is 17.5 Å². The number of carbonyl (C=O) groups is 1. The van der Waals surface area contributed by atoms with Crippen LogP contribution in [-0.4, -0.2) is 38.9 Å². The molecule has 1 heterocycles. The van der Waals surface area contributed by atoms with Crippen LogP contribution in [0.2, 0.25) is 0 Å². The zero-order valence-electron chi connectivity index (χ0n) is 13.9. The molecule has 1 aromatic heterocycles. The molecule has 6 nitrogen and oxygen atoms in total. The molecule has 24 heavy (non-hydrogen) atoms. The Labute approximate surface area is 188 Å².